The molecule has 9 aromatic carbocycles. The standard InChI is InChI=1S/C50H35N/c1-5-17-36(18-6-1)40-29-32-50(47(35-40)39-23-11-4-12-24-39)51(48-33-30-41(37-19-7-2-8-20-37)43-25-13-15-27-45(43)48)49-34-31-42(38-21-9-3-10-22-38)44-26-14-16-28-46(44)49/h1-35H. The molecule has 0 spiro atoms. The fourth-order valence-electron chi connectivity index (χ4n) is 7.47. The van der Waals surface area contributed by atoms with Crippen molar-refractivity contribution in [1.29, 1.82) is 0 Å². The van der Waals surface area contributed by atoms with Gasteiger partial charge in [0.25, 0.3) is 0 Å². The summed E-state index contributed by atoms with van der Waals surface area (Å²) >= 11 is 0. The summed E-state index contributed by atoms with van der Waals surface area (Å²) in [4.78, 5) is 2.49. The minimum Gasteiger partial charge on any atom is -0.309 e. The van der Waals surface area contributed by atoms with Gasteiger partial charge in [0.15, 0.2) is 0 Å². The van der Waals surface area contributed by atoms with Crippen LogP contribution in [0.15, 0.2) is 212 Å². The van der Waals surface area contributed by atoms with Crippen LogP contribution in [0.2, 0.25) is 0 Å². The molecule has 9 rings (SSSR count). The summed E-state index contributed by atoms with van der Waals surface area (Å²) in [6.07, 6.45) is 0. The van der Waals surface area contributed by atoms with Crippen molar-refractivity contribution in [2.45, 2.75) is 0 Å². The van der Waals surface area contributed by atoms with E-state index in [2.05, 4.69) is 217 Å². The molecule has 0 aliphatic heterocycles. The lowest BCUT2D eigenvalue weighted by Crippen LogP contribution is -2.13. The van der Waals surface area contributed by atoms with Crippen molar-refractivity contribution in [2.75, 3.05) is 4.90 Å². The van der Waals surface area contributed by atoms with Gasteiger partial charge in [-0.15, -0.1) is 0 Å². The van der Waals surface area contributed by atoms with Crippen molar-refractivity contribution in [3.63, 3.8) is 0 Å². The van der Waals surface area contributed by atoms with Crippen LogP contribution in [0.1, 0.15) is 0 Å². The molecule has 0 fully saturated rings. The molecule has 0 aliphatic carbocycles. The van der Waals surface area contributed by atoms with Gasteiger partial charge in [-0.2, -0.15) is 0 Å². The summed E-state index contributed by atoms with van der Waals surface area (Å²) in [7, 11) is 0. The van der Waals surface area contributed by atoms with Gasteiger partial charge in [0, 0.05) is 16.3 Å². The molecule has 0 unspecified atom stereocenters. The maximum Gasteiger partial charge on any atom is 0.0540 e. The molecule has 9 aromatic rings. The fourth-order valence-corrected chi connectivity index (χ4v) is 7.47. The van der Waals surface area contributed by atoms with E-state index in [0.717, 1.165) is 17.1 Å². The molecule has 1 nitrogen and oxygen atoms in total. The topological polar surface area (TPSA) is 3.24 Å². The Kier molecular flexibility index (Phi) is 7.92. The van der Waals surface area contributed by atoms with Crippen LogP contribution in [0.3, 0.4) is 0 Å². The number of hydrogen-bond donors (Lipinski definition) is 0. The first-order chi connectivity index (χ1) is 25.3. The van der Waals surface area contributed by atoms with Crippen LogP contribution in [-0.4, -0.2) is 0 Å². The molecule has 0 saturated carbocycles. The first-order valence-corrected chi connectivity index (χ1v) is 17.5. The van der Waals surface area contributed by atoms with Gasteiger partial charge in [0.2, 0.25) is 0 Å². The van der Waals surface area contributed by atoms with Gasteiger partial charge >= 0.3 is 0 Å². The maximum atomic E-state index is 2.49. The molecule has 1 heteroatoms. The molecule has 0 atom stereocenters. The van der Waals surface area contributed by atoms with Gasteiger partial charge in [-0.25, -0.2) is 0 Å². The van der Waals surface area contributed by atoms with Gasteiger partial charge in [-0.3, -0.25) is 0 Å². The molecule has 0 amide bonds. The Labute approximate surface area is 299 Å². The van der Waals surface area contributed by atoms with Gasteiger partial charge < -0.3 is 4.90 Å². The second-order valence-electron chi connectivity index (χ2n) is 12.9. The number of anilines is 3. The number of nitrogens with zero attached hydrogens (tertiary/aromatic N) is 1. The lowest BCUT2D eigenvalue weighted by atomic mass is 9.92. The molecule has 0 aromatic heterocycles. The third-order valence-corrected chi connectivity index (χ3v) is 9.88. The minimum absolute atomic E-state index is 1.12. The van der Waals surface area contributed by atoms with Gasteiger partial charge in [-0.1, -0.05) is 188 Å². The number of benzene rings is 9. The zero-order chi connectivity index (χ0) is 34.0. The van der Waals surface area contributed by atoms with Crippen molar-refractivity contribution >= 4 is 38.6 Å². The van der Waals surface area contributed by atoms with E-state index in [1.807, 2.05) is 0 Å². The second-order valence-corrected chi connectivity index (χ2v) is 12.9. The van der Waals surface area contributed by atoms with E-state index in [0.29, 0.717) is 0 Å². The highest BCUT2D eigenvalue weighted by atomic mass is 15.1. The smallest absolute Gasteiger partial charge is 0.0540 e. The summed E-state index contributed by atoms with van der Waals surface area (Å²) in [5.41, 5.74) is 13.0. The van der Waals surface area contributed by atoms with Crippen molar-refractivity contribution in [1.82, 2.24) is 0 Å². The Morgan fingerprint density at radius 3 is 1.02 bits per heavy atom. The highest BCUT2D eigenvalue weighted by molar-refractivity contribution is 6.12. The predicted molar refractivity (Wildman–Crippen MR) is 218 cm³/mol. The van der Waals surface area contributed by atoms with Crippen LogP contribution >= 0.6 is 0 Å². The molecule has 0 N–H and O–H groups in total. The predicted octanol–water partition coefficient (Wildman–Crippen LogP) is 14.1. The Morgan fingerprint density at radius 1 is 0.216 bits per heavy atom. The van der Waals surface area contributed by atoms with E-state index < -0.39 is 0 Å². The van der Waals surface area contributed by atoms with Gasteiger partial charge in [0.05, 0.1) is 17.1 Å². The first kappa shape index (κ1) is 30.4. The monoisotopic (exact) mass is 649 g/mol. The lowest BCUT2D eigenvalue weighted by molar-refractivity contribution is 1.31. The zero-order valence-corrected chi connectivity index (χ0v) is 28.2. The third kappa shape index (κ3) is 5.65. The van der Waals surface area contributed by atoms with E-state index in [4.69, 9.17) is 0 Å². The van der Waals surface area contributed by atoms with Crippen molar-refractivity contribution in [3.05, 3.63) is 212 Å². The molecule has 0 saturated heterocycles. The number of fused-ring (bicyclic) bond motifs is 2. The number of hydrogen-bond acceptors (Lipinski definition) is 1. The van der Waals surface area contributed by atoms with Crippen LogP contribution in [0.4, 0.5) is 17.1 Å². The zero-order valence-electron chi connectivity index (χ0n) is 28.2. The fraction of sp³-hybridized carbons (Fsp3) is 0. The highest BCUT2D eigenvalue weighted by Gasteiger charge is 2.23. The average molecular weight is 650 g/mol. The Balaban J connectivity index is 1.36. The molecule has 0 aliphatic rings. The molecule has 0 radical (unpaired) electrons. The van der Waals surface area contributed by atoms with Crippen LogP contribution in [0, 0.1) is 0 Å². The van der Waals surface area contributed by atoms with Crippen LogP contribution < -0.4 is 4.90 Å². The van der Waals surface area contributed by atoms with E-state index in [1.54, 1.807) is 0 Å². The lowest BCUT2D eigenvalue weighted by Gasteiger charge is -2.31. The Morgan fingerprint density at radius 2 is 0.569 bits per heavy atom. The molecular weight excluding hydrogens is 615 g/mol. The average Bonchev–Trinajstić information content (AvgIpc) is 3.22. The summed E-state index contributed by atoms with van der Waals surface area (Å²) in [5.74, 6) is 0. The Hall–Kier alpha value is -6.70. The SMILES string of the molecule is c1ccc(-c2ccc(N(c3ccc(-c4ccccc4)c4ccccc34)c3ccc(-c4ccccc4)c4ccccc34)c(-c3ccccc3)c2)cc1. The van der Waals surface area contributed by atoms with Crippen molar-refractivity contribution in [3.8, 4) is 44.5 Å². The summed E-state index contributed by atoms with van der Waals surface area (Å²) in [6, 6.07) is 76.7. The van der Waals surface area contributed by atoms with E-state index in [9.17, 15) is 0 Å². The van der Waals surface area contributed by atoms with Gasteiger partial charge in [-0.05, 0) is 74.0 Å². The first-order valence-electron chi connectivity index (χ1n) is 17.5. The van der Waals surface area contributed by atoms with E-state index in [1.165, 1.54) is 66.1 Å². The van der Waals surface area contributed by atoms with Crippen LogP contribution in [-0.2, 0) is 0 Å². The molecule has 0 bridgehead atoms. The third-order valence-electron chi connectivity index (χ3n) is 9.88. The summed E-state index contributed by atoms with van der Waals surface area (Å²) < 4.78 is 0. The largest absolute Gasteiger partial charge is 0.309 e. The number of rotatable bonds is 7. The van der Waals surface area contributed by atoms with Gasteiger partial charge in [0.1, 0.15) is 0 Å². The molecule has 51 heavy (non-hydrogen) atoms. The van der Waals surface area contributed by atoms with E-state index >= 15 is 0 Å². The van der Waals surface area contributed by atoms with Crippen LogP contribution in [0.25, 0.3) is 66.1 Å². The summed E-state index contributed by atoms with van der Waals surface area (Å²) in [6.45, 7) is 0. The summed E-state index contributed by atoms with van der Waals surface area (Å²) in [5, 5.41) is 4.83. The minimum atomic E-state index is 1.12. The highest BCUT2D eigenvalue weighted by Crippen LogP contribution is 2.48. The maximum absolute atomic E-state index is 2.49. The molecule has 240 valence electrons. The van der Waals surface area contributed by atoms with E-state index in [-0.39, 0.29) is 0 Å². The normalized spacial score (nSPS) is 11.1. The quantitative estimate of drug-likeness (QED) is 0.166. The van der Waals surface area contributed by atoms with Crippen molar-refractivity contribution < 1.29 is 0 Å². The van der Waals surface area contributed by atoms with Crippen molar-refractivity contribution in [2.24, 2.45) is 0 Å². The molecule has 0 heterocycles. The van der Waals surface area contributed by atoms with Crippen LogP contribution in [0.5, 0.6) is 0 Å². The molecular formula is C50H35N. The Bertz CT molecular complexity index is 2490. The second kappa shape index (κ2) is 13.3.